The second-order valence-electron chi connectivity index (χ2n) is 5.75. The Morgan fingerprint density at radius 2 is 2.24 bits per heavy atom. The number of fused-ring (bicyclic) bond motifs is 1. The van der Waals surface area contributed by atoms with Gasteiger partial charge in [0, 0.05) is 12.3 Å². The number of benzene rings is 1. The Bertz CT molecular complexity index is 691. The van der Waals surface area contributed by atoms with Gasteiger partial charge in [0.2, 0.25) is 0 Å². The van der Waals surface area contributed by atoms with Crippen LogP contribution in [0.4, 0.5) is 0 Å². The van der Waals surface area contributed by atoms with Crippen molar-refractivity contribution in [2.75, 3.05) is 0 Å². The number of carbonyl (C=O) groups is 1. The summed E-state index contributed by atoms with van der Waals surface area (Å²) in [6.07, 6.45) is 2.22. The number of aromatic nitrogens is 1. The van der Waals surface area contributed by atoms with Crippen molar-refractivity contribution in [3.05, 3.63) is 39.8 Å². The minimum Gasteiger partial charge on any atom is -0.488 e. The Kier molecular flexibility index (Phi) is 3.45. The van der Waals surface area contributed by atoms with E-state index in [2.05, 4.69) is 4.98 Å². The first-order valence-corrected chi connectivity index (χ1v) is 7.65. The van der Waals surface area contributed by atoms with Crippen molar-refractivity contribution < 1.29 is 14.3 Å². The minimum absolute atomic E-state index is 0.117. The van der Waals surface area contributed by atoms with E-state index in [0.717, 1.165) is 9.88 Å². The lowest BCUT2D eigenvalue weighted by molar-refractivity contribution is 0.0618. The molecule has 4 nitrogen and oxygen atoms in total. The molecule has 1 aliphatic rings. The fourth-order valence-electron chi connectivity index (χ4n) is 2.35. The number of carbonyl (C=O) groups excluding carboxylic acids is 1. The number of aryl methyl sites for hydroxylation is 1. The summed E-state index contributed by atoms with van der Waals surface area (Å²) in [7, 11) is 0. The van der Waals surface area contributed by atoms with Crippen molar-refractivity contribution in [3.8, 4) is 11.5 Å². The van der Waals surface area contributed by atoms with E-state index in [-0.39, 0.29) is 5.78 Å². The van der Waals surface area contributed by atoms with Gasteiger partial charge in [0.05, 0.1) is 21.9 Å². The Balaban J connectivity index is 1.78. The van der Waals surface area contributed by atoms with Crippen LogP contribution in [-0.2, 0) is 6.61 Å². The van der Waals surface area contributed by atoms with Gasteiger partial charge >= 0.3 is 0 Å². The standard InChI is InChI=1S/C16H17NO3S/c1-10-17-8-12(21-10)9-19-11-4-5-13-14(18)7-16(2,3)20-15(13)6-11/h4-6,8H,7,9H2,1-3H3. The van der Waals surface area contributed by atoms with Gasteiger partial charge in [0.25, 0.3) is 0 Å². The van der Waals surface area contributed by atoms with Crippen LogP contribution in [-0.4, -0.2) is 16.4 Å². The first kappa shape index (κ1) is 14.1. The van der Waals surface area contributed by atoms with Crippen molar-refractivity contribution in [2.24, 2.45) is 0 Å². The van der Waals surface area contributed by atoms with E-state index in [1.54, 1.807) is 23.5 Å². The zero-order chi connectivity index (χ0) is 15.0. The molecule has 0 amide bonds. The van der Waals surface area contributed by atoms with E-state index in [0.29, 0.717) is 30.1 Å². The summed E-state index contributed by atoms with van der Waals surface area (Å²) in [5.74, 6) is 1.42. The summed E-state index contributed by atoms with van der Waals surface area (Å²) < 4.78 is 11.6. The Hall–Kier alpha value is -1.88. The minimum atomic E-state index is -0.461. The van der Waals surface area contributed by atoms with Gasteiger partial charge in [-0.3, -0.25) is 4.79 Å². The maximum Gasteiger partial charge on any atom is 0.170 e. The molecule has 0 spiro atoms. The molecule has 0 N–H and O–H groups in total. The largest absolute Gasteiger partial charge is 0.488 e. The highest BCUT2D eigenvalue weighted by Crippen LogP contribution is 2.35. The lowest BCUT2D eigenvalue weighted by Gasteiger charge is -2.31. The molecule has 21 heavy (non-hydrogen) atoms. The molecule has 0 atom stereocenters. The highest BCUT2D eigenvalue weighted by molar-refractivity contribution is 7.11. The number of ketones is 1. The number of rotatable bonds is 3. The number of hydrogen-bond acceptors (Lipinski definition) is 5. The number of ether oxygens (including phenoxy) is 2. The average Bonchev–Trinajstić information content (AvgIpc) is 2.80. The summed E-state index contributed by atoms with van der Waals surface area (Å²) in [6, 6.07) is 5.38. The molecule has 0 aliphatic carbocycles. The Labute approximate surface area is 127 Å². The zero-order valence-electron chi connectivity index (χ0n) is 12.3. The molecular formula is C16H17NO3S. The summed E-state index contributed by atoms with van der Waals surface area (Å²) in [4.78, 5) is 17.3. The van der Waals surface area contributed by atoms with Gasteiger partial charge in [-0.25, -0.2) is 4.98 Å². The van der Waals surface area contributed by atoms with Crippen LogP contribution in [0.5, 0.6) is 11.5 Å². The zero-order valence-corrected chi connectivity index (χ0v) is 13.1. The second kappa shape index (κ2) is 5.15. The molecule has 1 aliphatic heterocycles. The third kappa shape index (κ3) is 3.08. The second-order valence-corrected chi connectivity index (χ2v) is 7.07. The highest BCUT2D eigenvalue weighted by Gasteiger charge is 2.32. The van der Waals surface area contributed by atoms with Gasteiger partial charge in [-0.15, -0.1) is 11.3 Å². The van der Waals surface area contributed by atoms with Crippen LogP contribution in [0.3, 0.4) is 0 Å². The van der Waals surface area contributed by atoms with E-state index < -0.39 is 5.60 Å². The van der Waals surface area contributed by atoms with E-state index in [4.69, 9.17) is 9.47 Å². The van der Waals surface area contributed by atoms with Gasteiger partial charge in [0.15, 0.2) is 5.78 Å². The Morgan fingerprint density at radius 3 is 2.95 bits per heavy atom. The molecule has 0 radical (unpaired) electrons. The number of hydrogen-bond donors (Lipinski definition) is 0. The van der Waals surface area contributed by atoms with Crippen LogP contribution in [0.25, 0.3) is 0 Å². The van der Waals surface area contributed by atoms with Crippen molar-refractivity contribution in [1.29, 1.82) is 0 Å². The van der Waals surface area contributed by atoms with Crippen LogP contribution >= 0.6 is 11.3 Å². The summed E-state index contributed by atoms with van der Waals surface area (Å²) in [5.41, 5.74) is 0.174. The van der Waals surface area contributed by atoms with E-state index in [1.165, 1.54) is 0 Å². The molecule has 2 aromatic rings. The molecule has 2 heterocycles. The quantitative estimate of drug-likeness (QED) is 0.866. The maximum absolute atomic E-state index is 12.1. The van der Waals surface area contributed by atoms with Gasteiger partial charge in [-0.05, 0) is 32.9 Å². The Morgan fingerprint density at radius 1 is 1.43 bits per heavy atom. The van der Waals surface area contributed by atoms with Gasteiger partial charge in [0.1, 0.15) is 23.7 Å². The fraction of sp³-hybridized carbons (Fsp3) is 0.375. The van der Waals surface area contributed by atoms with Crippen molar-refractivity contribution in [2.45, 2.75) is 39.4 Å². The smallest absolute Gasteiger partial charge is 0.170 e. The van der Waals surface area contributed by atoms with Gasteiger partial charge in [-0.2, -0.15) is 0 Å². The molecule has 0 fully saturated rings. The summed E-state index contributed by atoms with van der Waals surface area (Å²) in [6.45, 7) is 6.28. The lowest BCUT2D eigenvalue weighted by Crippen LogP contribution is -2.35. The maximum atomic E-state index is 12.1. The highest BCUT2D eigenvalue weighted by atomic mass is 32.1. The monoisotopic (exact) mass is 303 g/mol. The third-order valence-electron chi connectivity index (χ3n) is 3.28. The van der Waals surface area contributed by atoms with Gasteiger partial charge in [-0.1, -0.05) is 0 Å². The van der Waals surface area contributed by atoms with Crippen molar-refractivity contribution >= 4 is 17.1 Å². The van der Waals surface area contributed by atoms with Crippen LogP contribution < -0.4 is 9.47 Å². The predicted molar refractivity (Wildman–Crippen MR) is 81.3 cm³/mol. The lowest BCUT2D eigenvalue weighted by atomic mass is 9.93. The molecule has 1 aromatic carbocycles. The summed E-state index contributed by atoms with van der Waals surface area (Å²) >= 11 is 1.61. The molecule has 1 aromatic heterocycles. The third-order valence-corrected chi connectivity index (χ3v) is 4.16. The topological polar surface area (TPSA) is 48.4 Å². The van der Waals surface area contributed by atoms with E-state index in [1.807, 2.05) is 33.0 Å². The number of Topliss-reactive ketones (excluding diaryl/α,β-unsaturated/α-hetero) is 1. The van der Waals surface area contributed by atoms with Crippen LogP contribution in [0.15, 0.2) is 24.4 Å². The fourth-order valence-corrected chi connectivity index (χ4v) is 3.06. The number of thiazole rings is 1. The molecule has 3 rings (SSSR count). The first-order chi connectivity index (χ1) is 9.93. The SMILES string of the molecule is Cc1ncc(COc2ccc3c(c2)OC(C)(C)CC3=O)s1. The molecule has 0 saturated heterocycles. The average molecular weight is 303 g/mol. The van der Waals surface area contributed by atoms with Crippen LogP contribution in [0.1, 0.15) is 40.5 Å². The molecule has 0 unspecified atom stereocenters. The van der Waals surface area contributed by atoms with Crippen LogP contribution in [0, 0.1) is 6.92 Å². The summed E-state index contributed by atoms with van der Waals surface area (Å²) in [5, 5.41) is 1.02. The molecule has 110 valence electrons. The number of nitrogens with zero attached hydrogens (tertiary/aromatic N) is 1. The van der Waals surface area contributed by atoms with E-state index in [9.17, 15) is 4.79 Å². The molecule has 0 saturated carbocycles. The predicted octanol–water partition coefficient (Wildman–Crippen LogP) is 3.77. The first-order valence-electron chi connectivity index (χ1n) is 6.83. The van der Waals surface area contributed by atoms with Gasteiger partial charge < -0.3 is 9.47 Å². The van der Waals surface area contributed by atoms with Crippen LogP contribution in [0.2, 0.25) is 0 Å². The van der Waals surface area contributed by atoms with Crippen molar-refractivity contribution in [1.82, 2.24) is 4.98 Å². The molecule has 5 heteroatoms. The van der Waals surface area contributed by atoms with E-state index >= 15 is 0 Å². The molecule has 0 bridgehead atoms. The van der Waals surface area contributed by atoms with Crippen molar-refractivity contribution in [3.63, 3.8) is 0 Å². The normalized spacial score (nSPS) is 16.2. The molecular weight excluding hydrogens is 286 g/mol.